The number of carboxylic acid groups (broad SMARTS) is 1. The summed E-state index contributed by atoms with van der Waals surface area (Å²) < 4.78 is 37.2. The summed E-state index contributed by atoms with van der Waals surface area (Å²) in [4.78, 5) is 10.6. The number of benzene rings is 1. The maximum atomic E-state index is 13.6. The number of rotatable bonds is 10. The Labute approximate surface area is 121 Å². The van der Waals surface area contributed by atoms with E-state index in [0.717, 1.165) is 18.6 Å². The molecule has 1 aromatic rings. The second-order valence-corrected chi connectivity index (χ2v) is 4.36. The summed E-state index contributed by atoms with van der Waals surface area (Å²) in [5.74, 6) is -3.19. The van der Waals surface area contributed by atoms with Crippen molar-refractivity contribution in [2.75, 3.05) is 38.8 Å². The average molecular weight is 303 g/mol. The van der Waals surface area contributed by atoms with Crippen LogP contribution in [-0.2, 0) is 9.47 Å². The summed E-state index contributed by atoms with van der Waals surface area (Å²) in [7, 11) is 1.59. The van der Waals surface area contributed by atoms with Gasteiger partial charge in [-0.05, 0) is 25.0 Å². The van der Waals surface area contributed by atoms with Gasteiger partial charge in [0.2, 0.25) is 0 Å². The summed E-state index contributed by atoms with van der Waals surface area (Å²) in [6.07, 6.45) is 1.42. The van der Waals surface area contributed by atoms with Gasteiger partial charge in [-0.25, -0.2) is 13.6 Å². The first-order chi connectivity index (χ1) is 10.1. The van der Waals surface area contributed by atoms with E-state index in [1.165, 1.54) is 0 Å². The van der Waals surface area contributed by atoms with Gasteiger partial charge in [0.1, 0.15) is 17.3 Å². The van der Waals surface area contributed by atoms with Crippen molar-refractivity contribution in [2.45, 2.75) is 12.8 Å². The second-order valence-electron chi connectivity index (χ2n) is 4.36. The molecule has 0 spiro atoms. The molecule has 0 bridgehead atoms. The molecule has 0 aliphatic heterocycles. The van der Waals surface area contributed by atoms with Crippen molar-refractivity contribution >= 4 is 11.7 Å². The Hall–Kier alpha value is -1.73. The lowest BCUT2D eigenvalue weighted by molar-refractivity contribution is 0.0690. The Kier molecular flexibility index (Phi) is 7.63. The highest BCUT2D eigenvalue weighted by molar-refractivity contribution is 5.88. The monoisotopic (exact) mass is 303 g/mol. The van der Waals surface area contributed by atoms with Crippen LogP contribution in [0.25, 0.3) is 0 Å². The van der Waals surface area contributed by atoms with Crippen LogP contribution in [0.4, 0.5) is 14.5 Å². The Morgan fingerprint density at radius 2 is 1.86 bits per heavy atom. The number of hydrogen-bond donors (Lipinski definition) is 2. The molecule has 0 radical (unpaired) electrons. The first kappa shape index (κ1) is 17.3. The Morgan fingerprint density at radius 1 is 1.19 bits per heavy atom. The van der Waals surface area contributed by atoms with Gasteiger partial charge in [-0.15, -0.1) is 0 Å². The van der Waals surface area contributed by atoms with Crippen LogP contribution >= 0.6 is 0 Å². The Morgan fingerprint density at radius 3 is 2.43 bits per heavy atom. The molecule has 118 valence electrons. The topological polar surface area (TPSA) is 67.8 Å². The molecule has 1 aromatic carbocycles. The van der Waals surface area contributed by atoms with Crippen molar-refractivity contribution < 1.29 is 28.2 Å². The summed E-state index contributed by atoms with van der Waals surface area (Å²) in [6.45, 7) is 1.97. The number of unbranched alkanes of at least 4 members (excludes halogenated alkanes) is 1. The standard InChI is InChI=1S/C14H19F2NO4/c1-20-6-7-21-5-3-2-4-17-13-11(15)8-10(14(18)19)9-12(13)16/h8-9,17H,2-7H2,1H3,(H,18,19). The van der Waals surface area contributed by atoms with Crippen LogP contribution < -0.4 is 5.32 Å². The number of aromatic carboxylic acids is 1. The van der Waals surface area contributed by atoms with Crippen molar-refractivity contribution in [3.8, 4) is 0 Å². The molecule has 0 aliphatic rings. The number of carbonyl (C=O) groups is 1. The van der Waals surface area contributed by atoms with Crippen LogP contribution in [-0.4, -0.2) is 44.6 Å². The smallest absolute Gasteiger partial charge is 0.335 e. The lowest BCUT2D eigenvalue weighted by Gasteiger charge is -2.09. The van der Waals surface area contributed by atoms with E-state index in [0.29, 0.717) is 32.8 Å². The molecule has 0 unspecified atom stereocenters. The SMILES string of the molecule is COCCOCCCCNc1c(F)cc(C(=O)O)cc1F. The minimum atomic E-state index is -1.37. The number of methoxy groups -OCH3 is 1. The molecule has 21 heavy (non-hydrogen) atoms. The first-order valence-electron chi connectivity index (χ1n) is 6.59. The summed E-state index contributed by atoms with van der Waals surface area (Å²) in [6, 6.07) is 1.59. The van der Waals surface area contributed by atoms with Crippen molar-refractivity contribution in [2.24, 2.45) is 0 Å². The number of ether oxygens (including phenoxy) is 2. The molecule has 2 N–H and O–H groups in total. The maximum absolute atomic E-state index is 13.6. The van der Waals surface area contributed by atoms with E-state index in [2.05, 4.69) is 5.32 Å². The highest BCUT2D eigenvalue weighted by atomic mass is 19.1. The zero-order chi connectivity index (χ0) is 15.7. The van der Waals surface area contributed by atoms with Crippen molar-refractivity contribution in [3.05, 3.63) is 29.3 Å². The van der Waals surface area contributed by atoms with Gasteiger partial charge in [0.15, 0.2) is 0 Å². The van der Waals surface area contributed by atoms with Crippen LogP contribution in [0.15, 0.2) is 12.1 Å². The summed E-state index contributed by atoms with van der Waals surface area (Å²) in [5, 5.41) is 11.3. The van der Waals surface area contributed by atoms with Gasteiger partial charge in [0.05, 0.1) is 18.8 Å². The molecule has 0 heterocycles. The highest BCUT2D eigenvalue weighted by Gasteiger charge is 2.14. The molecule has 0 aliphatic carbocycles. The third-order valence-electron chi connectivity index (χ3n) is 2.74. The van der Waals surface area contributed by atoms with Gasteiger partial charge in [0, 0.05) is 20.3 Å². The third-order valence-corrected chi connectivity index (χ3v) is 2.74. The fourth-order valence-electron chi connectivity index (χ4n) is 1.65. The number of halogens is 2. The normalized spacial score (nSPS) is 10.6. The van der Waals surface area contributed by atoms with E-state index in [1.54, 1.807) is 7.11 Å². The van der Waals surface area contributed by atoms with Crippen molar-refractivity contribution in [1.29, 1.82) is 0 Å². The van der Waals surface area contributed by atoms with Gasteiger partial charge in [-0.3, -0.25) is 0 Å². The number of anilines is 1. The molecular weight excluding hydrogens is 284 g/mol. The largest absolute Gasteiger partial charge is 0.478 e. The highest BCUT2D eigenvalue weighted by Crippen LogP contribution is 2.20. The van der Waals surface area contributed by atoms with E-state index in [9.17, 15) is 13.6 Å². The zero-order valence-corrected chi connectivity index (χ0v) is 11.8. The van der Waals surface area contributed by atoms with E-state index in [-0.39, 0.29) is 5.69 Å². The fourth-order valence-corrected chi connectivity index (χ4v) is 1.65. The van der Waals surface area contributed by atoms with Crippen molar-refractivity contribution in [3.63, 3.8) is 0 Å². The van der Waals surface area contributed by atoms with E-state index in [1.807, 2.05) is 0 Å². The molecule has 0 fully saturated rings. The summed E-state index contributed by atoms with van der Waals surface area (Å²) in [5.41, 5.74) is -0.720. The Bertz CT molecular complexity index is 445. The zero-order valence-electron chi connectivity index (χ0n) is 11.8. The lowest BCUT2D eigenvalue weighted by atomic mass is 10.2. The van der Waals surface area contributed by atoms with Crippen LogP contribution in [0.3, 0.4) is 0 Å². The predicted octanol–water partition coefficient (Wildman–Crippen LogP) is 2.52. The van der Waals surface area contributed by atoms with Crippen LogP contribution in [0.1, 0.15) is 23.2 Å². The number of nitrogens with one attached hydrogen (secondary N) is 1. The number of hydrogen-bond acceptors (Lipinski definition) is 4. The Balaban J connectivity index is 2.34. The van der Waals surface area contributed by atoms with Gasteiger partial charge in [-0.2, -0.15) is 0 Å². The fraction of sp³-hybridized carbons (Fsp3) is 0.500. The minimum Gasteiger partial charge on any atom is -0.478 e. The molecule has 0 saturated carbocycles. The van der Waals surface area contributed by atoms with E-state index in [4.69, 9.17) is 14.6 Å². The predicted molar refractivity (Wildman–Crippen MR) is 73.7 cm³/mol. The second kappa shape index (κ2) is 9.25. The molecular formula is C14H19F2NO4. The quantitative estimate of drug-likeness (QED) is 0.650. The third kappa shape index (κ3) is 6.05. The van der Waals surface area contributed by atoms with E-state index < -0.39 is 23.2 Å². The van der Waals surface area contributed by atoms with Gasteiger partial charge in [0.25, 0.3) is 0 Å². The van der Waals surface area contributed by atoms with Gasteiger partial charge < -0.3 is 19.9 Å². The molecule has 0 saturated heterocycles. The molecule has 0 atom stereocenters. The molecule has 5 nitrogen and oxygen atoms in total. The lowest BCUT2D eigenvalue weighted by Crippen LogP contribution is -2.09. The number of carboxylic acids is 1. The van der Waals surface area contributed by atoms with E-state index >= 15 is 0 Å². The molecule has 0 aromatic heterocycles. The van der Waals surface area contributed by atoms with Crippen LogP contribution in [0.5, 0.6) is 0 Å². The molecule has 0 amide bonds. The minimum absolute atomic E-state index is 0.305. The van der Waals surface area contributed by atoms with Gasteiger partial charge >= 0.3 is 5.97 Å². The van der Waals surface area contributed by atoms with Gasteiger partial charge in [-0.1, -0.05) is 0 Å². The molecule has 1 rings (SSSR count). The first-order valence-corrected chi connectivity index (χ1v) is 6.59. The van der Waals surface area contributed by atoms with Crippen LogP contribution in [0.2, 0.25) is 0 Å². The average Bonchev–Trinajstić information content (AvgIpc) is 2.43. The van der Waals surface area contributed by atoms with Crippen molar-refractivity contribution in [1.82, 2.24) is 0 Å². The summed E-state index contributed by atoms with van der Waals surface area (Å²) >= 11 is 0. The molecule has 7 heteroatoms. The van der Waals surface area contributed by atoms with Crippen LogP contribution in [0, 0.1) is 11.6 Å². The maximum Gasteiger partial charge on any atom is 0.335 e.